The van der Waals surface area contributed by atoms with Gasteiger partial charge in [-0.2, -0.15) is 0 Å². The molecule has 0 fully saturated rings. The van der Waals surface area contributed by atoms with Crippen molar-refractivity contribution < 1.29 is 4.79 Å². The van der Waals surface area contributed by atoms with Gasteiger partial charge in [0.05, 0.1) is 6.04 Å². The highest BCUT2D eigenvalue weighted by molar-refractivity contribution is 5.82. The Morgan fingerprint density at radius 1 is 1.50 bits per heavy atom. The Balaban J connectivity index is 4.38. The van der Waals surface area contributed by atoms with E-state index in [0.717, 1.165) is 5.57 Å². The van der Waals surface area contributed by atoms with E-state index in [1.165, 1.54) is 0 Å². The number of amides is 1. The van der Waals surface area contributed by atoms with Gasteiger partial charge in [-0.15, -0.1) is 0 Å². The van der Waals surface area contributed by atoms with Crippen LogP contribution in [-0.2, 0) is 4.79 Å². The molecule has 2 N–H and O–H groups in total. The Kier molecular flexibility index (Phi) is 5.46. The molecule has 0 unspecified atom stereocenters. The molecule has 0 aromatic heterocycles. The lowest BCUT2D eigenvalue weighted by Crippen LogP contribution is -2.46. The third-order valence-electron chi connectivity index (χ3n) is 2.16. The van der Waals surface area contributed by atoms with E-state index in [1.807, 2.05) is 27.7 Å². The van der Waals surface area contributed by atoms with Gasteiger partial charge in [0, 0.05) is 13.1 Å². The van der Waals surface area contributed by atoms with Crippen molar-refractivity contribution >= 4 is 5.91 Å². The molecule has 0 radical (unpaired) electrons. The first-order valence-corrected chi connectivity index (χ1v) is 5.08. The van der Waals surface area contributed by atoms with Crippen LogP contribution in [0.5, 0.6) is 0 Å². The van der Waals surface area contributed by atoms with Gasteiger partial charge in [0.25, 0.3) is 0 Å². The van der Waals surface area contributed by atoms with Crippen LogP contribution in [0.15, 0.2) is 12.2 Å². The highest BCUT2D eigenvalue weighted by atomic mass is 16.2. The second-order valence-electron chi connectivity index (χ2n) is 4.08. The molecule has 0 aliphatic rings. The summed E-state index contributed by atoms with van der Waals surface area (Å²) in [6.45, 7) is 12.9. The van der Waals surface area contributed by atoms with Gasteiger partial charge >= 0.3 is 0 Å². The van der Waals surface area contributed by atoms with Gasteiger partial charge in [-0.3, -0.25) is 4.79 Å². The second-order valence-corrected chi connectivity index (χ2v) is 4.08. The number of hydrogen-bond donors (Lipinski definition) is 1. The van der Waals surface area contributed by atoms with Crippen LogP contribution in [0.4, 0.5) is 0 Å². The van der Waals surface area contributed by atoms with Crippen LogP contribution in [0.2, 0.25) is 0 Å². The summed E-state index contributed by atoms with van der Waals surface area (Å²) in [4.78, 5) is 13.6. The lowest BCUT2D eigenvalue weighted by Gasteiger charge is -2.26. The molecule has 3 nitrogen and oxygen atoms in total. The Morgan fingerprint density at radius 2 is 2.00 bits per heavy atom. The standard InChI is InChI=1S/C11H22N2O/c1-6-13(7-8(2)3)11(14)10(12)9(4)5/h9-10H,2,6-7,12H2,1,3-5H3/t10-/m1/s1. The average molecular weight is 198 g/mol. The van der Waals surface area contributed by atoms with Gasteiger partial charge in [-0.25, -0.2) is 0 Å². The van der Waals surface area contributed by atoms with Crippen LogP contribution in [0.3, 0.4) is 0 Å². The van der Waals surface area contributed by atoms with E-state index >= 15 is 0 Å². The average Bonchev–Trinajstić information content (AvgIpc) is 2.11. The number of nitrogens with two attached hydrogens (primary N) is 1. The van der Waals surface area contributed by atoms with E-state index < -0.39 is 6.04 Å². The number of rotatable bonds is 5. The van der Waals surface area contributed by atoms with E-state index in [9.17, 15) is 4.79 Å². The summed E-state index contributed by atoms with van der Waals surface area (Å²) in [6.07, 6.45) is 0. The molecule has 0 heterocycles. The smallest absolute Gasteiger partial charge is 0.240 e. The van der Waals surface area contributed by atoms with Crippen LogP contribution in [-0.4, -0.2) is 29.9 Å². The number of likely N-dealkylation sites (N-methyl/N-ethyl adjacent to an activating group) is 1. The van der Waals surface area contributed by atoms with Crippen molar-refractivity contribution in [2.24, 2.45) is 11.7 Å². The minimum absolute atomic E-state index is 0.0190. The third kappa shape index (κ3) is 3.92. The van der Waals surface area contributed by atoms with Crippen molar-refractivity contribution in [1.29, 1.82) is 0 Å². The zero-order valence-electron chi connectivity index (χ0n) is 9.71. The summed E-state index contributed by atoms with van der Waals surface area (Å²) in [5.41, 5.74) is 6.77. The molecule has 0 aliphatic carbocycles. The quantitative estimate of drug-likeness (QED) is 0.679. The molecule has 0 aromatic carbocycles. The summed E-state index contributed by atoms with van der Waals surface area (Å²) in [7, 11) is 0. The Morgan fingerprint density at radius 3 is 2.29 bits per heavy atom. The molecule has 0 saturated heterocycles. The SMILES string of the molecule is C=C(C)CN(CC)C(=O)[C@H](N)C(C)C. The molecule has 0 saturated carbocycles. The Bertz CT molecular complexity index is 211. The summed E-state index contributed by atoms with van der Waals surface area (Å²) in [5, 5.41) is 0. The maximum absolute atomic E-state index is 11.8. The van der Waals surface area contributed by atoms with Gasteiger partial charge in [-0.05, 0) is 19.8 Å². The van der Waals surface area contributed by atoms with Crippen molar-refractivity contribution in [2.75, 3.05) is 13.1 Å². The summed E-state index contributed by atoms with van der Waals surface area (Å²) in [5.74, 6) is 0.201. The van der Waals surface area contributed by atoms with Gasteiger partial charge < -0.3 is 10.6 Å². The van der Waals surface area contributed by atoms with E-state index in [4.69, 9.17) is 5.73 Å². The molecule has 0 spiro atoms. The van der Waals surface area contributed by atoms with E-state index in [-0.39, 0.29) is 11.8 Å². The van der Waals surface area contributed by atoms with Gasteiger partial charge in [0.2, 0.25) is 5.91 Å². The van der Waals surface area contributed by atoms with Crippen molar-refractivity contribution in [2.45, 2.75) is 33.7 Å². The number of carbonyl (C=O) groups is 1. The zero-order valence-corrected chi connectivity index (χ0v) is 9.71. The van der Waals surface area contributed by atoms with Crippen molar-refractivity contribution in [3.8, 4) is 0 Å². The molecule has 1 amide bonds. The van der Waals surface area contributed by atoms with Crippen molar-refractivity contribution in [3.05, 3.63) is 12.2 Å². The van der Waals surface area contributed by atoms with Gasteiger partial charge in [0.15, 0.2) is 0 Å². The summed E-state index contributed by atoms with van der Waals surface area (Å²) >= 11 is 0. The highest BCUT2D eigenvalue weighted by Crippen LogP contribution is 2.05. The summed E-state index contributed by atoms with van der Waals surface area (Å²) < 4.78 is 0. The van der Waals surface area contributed by atoms with Crippen LogP contribution in [0.25, 0.3) is 0 Å². The number of nitrogens with zero attached hydrogens (tertiary/aromatic N) is 1. The molecular formula is C11H22N2O. The minimum atomic E-state index is -0.394. The molecule has 82 valence electrons. The van der Waals surface area contributed by atoms with Crippen LogP contribution in [0.1, 0.15) is 27.7 Å². The molecule has 1 atom stereocenters. The largest absolute Gasteiger partial charge is 0.338 e. The van der Waals surface area contributed by atoms with E-state index in [0.29, 0.717) is 13.1 Å². The van der Waals surface area contributed by atoms with Gasteiger partial charge in [-0.1, -0.05) is 26.0 Å². The zero-order chi connectivity index (χ0) is 11.3. The minimum Gasteiger partial charge on any atom is -0.338 e. The molecule has 14 heavy (non-hydrogen) atoms. The Labute approximate surface area is 87.0 Å². The normalized spacial score (nSPS) is 12.7. The Hall–Kier alpha value is -0.830. The van der Waals surface area contributed by atoms with Crippen molar-refractivity contribution in [1.82, 2.24) is 4.90 Å². The third-order valence-corrected chi connectivity index (χ3v) is 2.16. The highest BCUT2D eigenvalue weighted by Gasteiger charge is 2.22. The topological polar surface area (TPSA) is 46.3 Å². The van der Waals surface area contributed by atoms with Crippen LogP contribution in [0, 0.1) is 5.92 Å². The lowest BCUT2D eigenvalue weighted by atomic mass is 10.0. The molecule has 3 heteroatoms. The monoisotopic (exact) mass is 198 g/mol. The van der Waals surface area contributed by atoms with E-state index in [2.05, 4.69) is 6.58 Å². The predicted octanol–water partition coefficient (Wildman–Crippen LogP) is 1.39. The molecule has 0 aliphatic heterocycles. The molecule has 0 rings (SSSR count). The molecule has 0 bridgehead atoms. The maximum Gasteiger partial charge on any atom is 0.240 e. The van der Waals surface area contributed by atoms with Gasteiger partial charge in [0.1, 0.15) is 0 Å². The van der Waals surface area contributed by atoms with E-state index in [1.54, 1.807) is 4.90 Å². The fourth-order valence-corrected chi connectivity index (χ4v) is 1.17. The fourth-order valence-electron chi connectivity index (χ4n) is 1.17. The molecular weight excluding hydrogens is 176 g/mol. The first-order valence-electron chi connectivity index (χ1n) is 5.08. The van der Waals surface area contributed by atoms with Crippen LogP contribution < -0.4 is 5.73 Å². The maximum atomic E-state index is 11.8. The fraction of sp³-hybridized carbons (Fsp3) is 0.727. The van der Waals surface area contributed by atoms with Crippen LogP contribution >= 0.6 is 0 Å². The lowest BCUT2D eigenvalue weighted by molar-refractivity contribution is -0.132. The first-order chi connectivity index (χ1) is 6.40. The number of hydrogen-bond acceptors (Lipinski definition) is 2. The predicted molar refractivity (Wildman–Crippen MR) is 59.9 cm³/mol. The van der Waals surface area contributed by atoms with Crippen molar-refractivity contribution in [3.63, 3.8) is 0 Å². The first kappa shape index (κ1) is 13.2. The second kappa shape index (κ2) is 5.81. The summed E-state index contributed by atoms with van der Waals surface area (Å²) in [6, 6.07) is -0.394. The number of carbonyl (C=O) groups excluding carboxylic acids is 1. The molecule has 0 aromatic rings.